The van der Waals surface area contributed by atoms with Crippen molar-refractivity contribution in [3.63, 3.8) is 0 Å². The molecule has 0 spiro atoms. The molecule has 0 saturated heterocycles. The van der Waals surface area contributed by atoms with Gasteiger partial charge in [0, 0.05) is 11.6 Å². The smallest absolute Gasteiger partial charge is 0.252 e. The summed E-state index contributed by atoms with van der Waals surface area (Å²) in [4.78, 5) is -0.130. The molecule has 0 aliphatic rings. The molecule has 0 atom stereocenters. The summed E-state index contributed by atoms with van der Waals surface area (Å²) < 4.78 is 49.9. The van der Waals surface area contributed by atoms with Crippen LogP contribution in [0.3, 0.4) is 0 Å². The van der Waals surface area contributed by atoms with Crippen LogP contribution < -0.4 is 0 Å². The minimum absolute atomic E-state index is 0.130. The van der Waals surface area contributed by atoms with E-state index >= 15 is 0 Å². The lowest BCUT2D eigenvalue weighted by Gasteiger charge is -2.22. The van der Waals surface area contributed by atoms with Gasteiger partial charge >= 0.3 is 0 Å². The number of alkyl halides is 2. The number of aliphatic hydroxyl groups excluding tert-OH is 1. The quantitative estimate of drug-likeness (QED) is 0.872. The maximum atomic E-state index is 12.4. The van der Waals surface area contributed by atoms with Gasteiger partial charge in [-0.05, 0) is 24.6 Å². The van der Waals surface area contributed by atoms with Crippen molar-refractivity contribution in [3.8, 4) is 0 Å². The van der Waals surface area contributed by atoms with E-state index in [9.17, 15) is 17.2 Å². The Labute approximate surface area is 115 Å². The fraction of sp³-hybridized carbons (Fsp3) is 0.455. The second-order valence-electron chi connectivity index (χ2n) is 3.89. The second kappa shape index (κ2) is 6.60. The zero-order valence-electron chi connectivity index (χ0n) is 10.2. The van der Waals surface area contributed by atoms with E-state index < -0.39 is 36.1 Å². The number of hydrogen-bond acceptors (Lipinski definition) is 3. The normalized spacial score (nSPS) is 12.4. The van der Waals surface area contributed by atoms with Gasteiger partial charge < -0.3 is 5.11 Å². The lowest BCUT2D eigenvalue weighted by Crippen LogP contribution is -2.37. The fourth-order valence-electron chi connectivity index (χ4n) is 1.57. The molecular weight excluding hydrogens is 300 g/mol. The summed E-state index contributed by atoms with van der Waals surface area (Å²) >= 11 is 5.73. The molecule has 0 aliphatic carbocycles. The highest BCUT2D eigenvalue weighted by Crippen LogP contribution is 2.24. The monoisotopic (exact) mass is 313 g/mol. The Morgan fingerprint density at radius 2 is 2.05 bits per heavy atom. The molecule has 1 aromatic rings. The third kappa shape index (κ3) is 4.10. The van der Waals surface area contributed by atoms with Crippen LogP contribution in [-0.4, -0.2) is 44.0 Å². The zero-order valence-corrected chi connectivity index (χ0v) is 11.8. The fourth-order valence-corrected chi connectivity index (χ4v) is 3.46. The first-order valence-corrected chi connectivity index (χ1v) is 7.26. The second-order valence-corrected chi connectivity index (χ2v) is 6.23. The van der Waals surface area contributed by atoms with Crippen molar-refractivity contribution in [3.05, 3.63) is 28.8 Å². The first-order chi connectivity index (χ1) is 8.78. The number of rotatable bonds is 6. The van der Waals surface area contributed by atoms with Crippen molar-refractivity contribution < 1.29 is 22.3 Å². The van der Waals surface area contributed by atoms with Crippen molar-refractivity contribution >= 4 is 21.6 Å². The standard InChI is InChI=1S/C11H14ClF2NO3S/c1-8-2-3-9(12)6-10(8)19(17,18)15(4-5-16)7-11(13)14/h2-3,6,11,16H,4-5,7H2,1H3. The van der Waals surface area contributed by atoms with Gasteiger partial charge in [-0.3, -0.25) is 0 Å². The van der Waals surface area contributed by atoms with Crippen molar-refractivity contribution in [2.45, 2.75) is 18.2 Å². The number of nitrogens with zero attached hydrogens (tertiary/aromatic N) is 1. The number of halogens is 3. The Bertz CT molecular complexity index is 537. The van der Waals surface area contributed by atoms with Crippen molar-refractivity contribution in [1.29, 1.82) is 0 Å². The van der Waals surface area contributed by atoms with E-state index in [2.05, 4.69) is 0 Å². The predicted octanol–water partition coefficient (Wildman–Crippen LogP) is 1.90. The third-order valence-corrected chi connectivity index (χ3v) is 4.70. The molecule has 108 valence electrons. The lowest BCUT2D eigenvalue weighted by molar-refractivity contribution is 0.113. The van der Waals surface area contributed by atoms with E-state index in [0.717, 1.165) is 0 Å². The van der Waals surface area contributed by atoms with Crippen LogP contribution in [0.1, 0.15) is 5.56 Å². The molecule has 19 heavy (non-hydrogen) atoms. The van der Waals surface area contributed by atoms with E-state index in [4.69, 9.17) is 16.7 Å². The average Bonchev–Trinajstić information content (AvgIpc) is 2.31. The van der Waals surface area contributed by atoms with Gasteiger partial charge in [0.25, 0.3) is 6.43 Å². The van der Waals surface area contributed by atoms with Crippen LogP contribution in [0, 0.1) is 6.92 Å². The molecule has 0 heterocycles. The van der Waals surface area contributed by atoms with Crippen LogP contribution in [0.5, 0.6) is 0 Å². The summed E-state index contributed by atoms with van der Waals surface area (Å²) in [6.45, 7) is -0.345. The zero-order chi connectivity index (χ0) is 14.6. The molecule has 1 N–H and O–H groups in total. The minimum atomic E-state index is -4.10. The summed E-state index contributed by atoms with van der Waals surface area (Å²) in [6, 6.07) is 4.22. The molecule has 0 saturated carbocycles. The maximum Gasteiger partial charge on any atom is 0.252 e. The van der Waals surface area contributed by atoms with Crippen LogP contribution >= 0.6 is 11.6 Å². The summed E-state index contributed by atoms with van der Waals surface area (Å²) in [5.41, 5.74) is 0.404. The topological polar surface area (TPSA) is 57.6 Å². The first-order valence-electron chi connectivity index (χ1n) is 5.44. The molecule has 1 rings (SSSR count). The van der Waals surface area contributed by atoms with Crippen LogP contribution in [0.4, 0.5) is 8.78 Å². The first kappa shape index (κ1) is 16.3. The largest absolute Gasteiger partial charge is 0.395 e. The maximum absolute atomic E-state index is 12.4. The number of aryl methyl sites for hydroxylation is 1. The molecule has 0 aliphatic heterocycles. The molecule has 0 unspecified atom stereocenters. The molecule has 8 heteroatoms. The molecule has 0 fully saturated rings. The Morgan fingerprint density at radius 3 is 2.58 bits per heavy atom. The van der Waals surface area contributed by atoms with Gasteiger partial charge in [0.1, 0.15) is 0 Å². The molecule has 4 nitrogen and oxygen atoms in total. The van der Waals surface area contributed by atoms with Crippen LogP contribution in [0.15, 0.2) is 23.1 Å². The molecule has 0 amide bonds. The predicted molar refractivity (Wildman–Crippen MR) is 68.0 cm³/mol. The van der Waals surface area contributed by atoms with Crippen LogP contribution in [-0.2, 0) is 10.0 Å². The van der Waals surface area contributed by atoms with Crippen LogP contribution in [0.25, 0.3) is 0 Å². The van der Waals surface area contributed by atoms with Gasteiger partial charge in [-0.15, -0.1) is 0 Å². The lowest BCUT2D eigenvalue weighted by atomic mass is 10.2. The van der Waals surface area contributed by atoms with Gasteiger partial charge in [0.15, 0.2) is 0 Å². The van der Waals surface area contributed by atoms with Gasteiger partial charge in [-0.2, -0.15) is 4.31 Å². The van der Waals surface area contributed by atoms with E-state index in [1.807, 2.05) is 0 Å². The number of aliphatic hydroxyl groups is 1. The highest BCUT2D eigenvalue weighted by Gasteiger charge is 2.28. The van der Waals surface area contributed by atoms with E-state index in [1.54, 1.807) is 6.92 Å². The van der Waals surface area contributed by atoms with Crippen molar-refractivity contribution in [1.82, 2.24) is 4.31 Å². The van der Waals surface area contributed by atoms with Gasteiger partial charge in [-0.25, -0.2) is 17.2 Å². The number of benzene rings is 1. The van der Waals surface area contributed by atoms with Gasteiger partial charge in [0.2, 0.25) is 10.0 Å². The van der Waals surface area contributed by atoms with E-state index in [0.29, 0.717) is 9.87 Å². The SMILES string of the molecule is Cc1ccc(Cl)cc1S(=O)(=O)N(CCO)CC(F)F. The molecule has 0 radical (unpaired) electrons. The van der Waals surface area contributed by atoms with E-state index in [1.165, 1.54) is 18.2 Å². The molecule has 0 bridgehead atoms. The Morgan fingerprint density at radius 1 is 1.42 bits per heavy atom. The summed E-state index contributed by atoms with van der Waals surface area (Å²) in [5.74, 6) is 0. The molecule has 1 aromatic carbocycles. The van der Waals surface area contributed by atoms with Crippen molar-refractivity contribution in [2.24, 2.45) is 0 Å². The van der Waals surface area contributed by atoms with Crippen molar-refractivity contribution in [2.75, 3.05) is 19.7 Å². The van der Waals surface area contributed by atoms with E-state index in [-0.39, 0.29) is 9.92 Å². The Balaban J connectivity index is 3.22. The number of hydrogen-bond donors (Lipinski definition) is 1. The third-order valence-electron chi connectivity index (χ3n) is 2.46. The minimum Gasteiger partial charge on any atom is -0.395 e. The average molecular weight is 314 g/mol. The number of sulfonamides is 1. The van der Waals surface area contributed by atoms with Gasteiger partial charge in [0.05, 0.1) is 18.0 Å². The van der Waals surface area contributed by atoms with Crippen LogP contribution in [0.2, 0.25) is 5.02 Å². The summed E-state index contributed by atoms with van der Waals surface area (Å²) in [5, 5.41) is 9.01. The van der Waals surface area contributed by atoms with Gasteiger partial charge in [-0.1, -0.05) is 17.7 Å². The Hall–Kier alpha value is -0.760. The Kier molecular flexibility index (Phi) is 5.66. The highest BCUT2D eigenvalue weighted by atomic mass is 35.5. The molecular formula is C11H14ClF2NO3S. The summed E-state index contributed by atoms with van der Waals surface area (Å²) in [7, 11) is -4.10. The molecule has 0 aromatic heterocycles. The summed E-state index contributed by atoms with van der Waals surface area (Å²) in [6.07, 6.45) is -2.82. The highest BCUT2D eigenvalue weighted by molar-refractivity contribution is 7.89.